The molecule has 170 valence electrons. The van der Waals surface area contributed by atoms with Crippen molar-refractivity contribution in [2.75, 3.05) is 31.1 Å². The standard InChI is InChI=1S/C20H23F3N2O4S2/c1-19(27,20(21,22)23)14-6-8-15(9-7-14)25-11-10-24(12-16(25)13-26)31(28,29)18-5-3-2-4-17(18)30/h2-9,16,26-27,30H,10-13H2,1H3/t16-,19-/m0/s1. The van der Waals surface area contributed by atoms with E-state index in [0.29, 0.717) is 17.5 Å². The van der Waals surface area contributed by atoms with E-state index >= 15 is 0 Å². The molecule has 2 atom stereocenters. The maximum Gasteiger partial charge on any atom is 0.421 e. The lowest BCUT2D eigenvalue weighted by molar-refractivity contribution is -0.258. The van der Waals surface area contributed by atoms with Crippen LogP contribution >= 0.6 is 12.6 Å². The molecular weight excluding hydrogens is 453 g/mol. The first kappa shape index (κ1) is 23.9. The molecule has 0 radical (unpaired) electrons. The molecule has 6 nitrogen and oxygen atoms in total. The molecular formula is C20H23F3N2O4S2. The van der Waals surface area contributed by atoms with Gasteiger partial charge in [0.2, 0.25) is 10.0 Å². The van der Waals surface area contributed by atoms with E-state index in [1.54, 1.807) is 23.1 Å². The van der Waals surface area contributed by atoms with E-state index in [4.69, 9.17) is 0 Å². The van der Waals surface area contributed by atoms with Gasteiger partial charge in [0.25, 0.3) is 0 Å². The highest BCUT2D eigenvalue weighted by Crippen LogP contribution is 2.39. The highest BCUT2D eigenvalue weighted by Gasteiger charge is 2.51. The molecule has 0 aliphatic carbocycles. The normalized spacial score (nSPS) is 20.5. The highest BCUT2D eigenvalue weighted by atomic mass is 32.2. The molecule has 1 aliphatic rings. The van der Waals surface area contributed by atoms with Gasteiger partial charge in [-0.25, -0.2) is 8.42 Å². The summed E-state index contributed by atoms with van der Waals surface area (Å²) in [5, 5.41) is 19.7. The van der Waals surface area contributed by atoms with Crippen LogP contribution in [0, 0.1) is 0 Å². The zero-order chi connectivity index (χ0) is 23.0. The second kappa shape index (κ2) is 8.62. The molecule has 0 amide bonds. The van der Waals surface area contributed by atoms with Crippen molar-refractivity contribution in [3.8, 4) is 0 Å². The Morgan fingerprint density at radius 3 is 2.26 bits per heavy atom. The zero-order valence-electron chi connectivity index (χ0n) is 16.6. The fraction of sp³-hybridized carbons (Fsp3) is 0.400. The summed E-state index contributed by atoms with van der Waals surface area (Å²) in [5.74, 6) is 0. The van der Waals surface area contributed by atoms with Gasteiger partial charge in [-0.05, 0) is 36.8 Å². The van der Waals surface area contributed by atoms with Gasteiger partial charge in [0.1, 0.15) is 0 Å². The summed E-state index contributed by atoms with van der Waals surface area (Å²) in [4.78, 5) is 2.13. The fourth-order valence-electron chi connectivity index (χ4n) is 3.50. The Morgan fingerprint density at radius 1 is 1.10 bits per heavy atom. The average molecular weight is 477 g/mol. The number of benzene rings is 2. The smallest absolute Gasteiger partial charge is 0.394 e. The summed E-state index contributed by atoms with van der Waals surface area (Å²) in [6, 6.07) is 10.9. The third-order valence-electron chi connectivity index (χ3n) is 5.45. The molecule has 1 aliphatic heterocycles. The molecule has 0 spiro atoms. The highest BCUT2D eigenvalue weighted by molar-refractivity contribution is 7.90. The monoisotopic (exact) mass is 476 g/mol. The number of aliphatic hydroxyl groups excluding tert-OH is 1. The van der Waals surface area contributed by atoms with Gasteiger partial charge >= 0.3 is 6.18 Å². The summed E-state index contributed by atoms with van der Waals surface area (Å²) in [6.45, 7) is 0.693. The lowest BCUT2D eigenvalue weighted by Crippen LogP contribution is -2.56. The van der Waals surface area contributed by atoms with E-state index in [0.717, 1.165) is 0 Å². The predicted molar refractivity (Wildman–Crippen MR) is 113 cm³/mol. The van der Waals surface area contributed by atoms with Crippen LogP contribution in [0.25, 0.3) is 0 Å². The third-order valence-corrected chi connectivity index (χ3v) is 7.92. The molecule has 2 N–H and O–H groups in total. The number of rotatable bonds is 5. The van der Waals surface area contributed by atoms with Gasteiger partial charge in [0, 0.05) is 30.2 Å². The molecule has 0 unspecified atom stereocenters. The van der Waals surface area contributed by atoms with Crippen molar-refractivity contribution in [2.45, 2.75) is 34.5 Å². The van der Waals surface area contributed by atoms with Crippen LogP contribution in [0.2, 0.25) is 0 Å². The zero-order valence-corrected chi connectivity index (χ0v) is 18.3. The Kier molecular flexibility index (Phi) is 6.64. The summed E-state index contributed by atoms with van der Waals surface area (Å²) >= 11 is 4.22. The number of nitrogens with zero attached hydrogens (tertiary/aromatic N) is 2. The van der Waals surface area contributed by atoms with Gasteiger partial charge in [-0.1, -0.05) is 24.3 Å². The fourth-order valence-corrected chi connectivity index (χ4v) is 5.55. The maximum absolute atomic E-state index is 13.1. The van der Waals surface area contributed by atoms with Crippen molar-refractivity contribution in [1.82, 2.24) is 4.31 Å². The second-order valence-electron chi connectivity index (χ2n) is 7.48. The molecule has 1 saturated heterocycles. The van der Waals surface area contributed by atoms with Crippen molar-refractivity contribution in [3.63, 3.8) is 0 Å². The van der Waals surface area contributed by atoms with Crippen LogP contribution in [0.3, 0.4) is 0 Å². The van der Waals surface area contributed by atoms with Gasteiger partial charge in [-0.15, -0.1) is 12.6 Å². The molecule has 2 aromatic rings. The van der Waals surface area contributed by atoms with E-state index in [9.17, 15) is 31.8 Å². The van der Waals surface area contributed by atoms with E-state index in [2.05, 4.69) is 12.6 Å². The lowest BCUT2D eigenvalue weighted by atomic mass is 9.95. The quantitative estimate of drug-likeness (QED) is 0.578. The van der Waals surface area contributed by atoms with Crippen LogP contribution in [0.4, 0.5) is 18.9 Å². The Labute approximate surface area is 184 Å². The lowest BCUT2D eigenvalue weighted by Gasteiger charge is -2.41. The molecule has 1 heterocycles. The van der Waals surface area contributed by atoms with Crippen LogP contribution in [0.5, 0.6) is 0 Å². The van der Waals surface area contributed by atoms with Gasteiger partial charge in [-0.3, -0.25) is 0 Å². The molecule has 11 heteroatoms. The number of aliphatic hydroxyl groups is 2. The van der Waals surface area contributed by atoms with Crippen molar-refractivity contribution in [1.29, 1.82) is 0 Å². The number of thiol groups is 1. The first-order chi connectivity index (χ1) is 14.4. The number of sulfonamides is 1. The number of piperazine rings is 1. The van der Waals surface area contributed by atoms with E-state index < -0.39 is 27.8 Å². The second-order valence-corrected chi connectivity index (χ2v) is 9.87. The van der Waals surface area contributed by atoms with Crippen LogP contribution in [0.15, 0.2) is 58.3 Å². The van der Waals surface area contributed by atoms with E-state index in [1.165, 1.54) is 34.6 Å². The Hall–Kier alpha value is -1.79. The van der Waals surface area contributed by atoms with Gasteiger partial charge < -0.3 is 15.1 Å². The maximum atomic E-state index is 13.1. The number of anilines is 1. The van der Waals surface area contributed by atoms with Crippen molar-refractivity contribution in [3.05, 3.63) is 54.1 Å². The summed E-state index contributed by atoms with van der Waals surface area (Å²) in [7, 11) is -3.82. The SMILES string of the molecule is C[C@](O)(c1ccc(N2CCN(S(=O)(=O)c3ccccc3S)C[C@H]2CO)cc1)C(F)(F)F. The van der Waals surface area contributed by atoms with Gasteiger partial charge in [0.05, 0.1) is 17.5 Å². The molecule has 0 aromatic heterocycles. The Balaban J connectivity index is 1.81. The molecule has 0 bridgehead atoms. The van der Waals surface area contributed by atoms with Crippen LogP contribution in [-0.2, 0) is 15.6 Å². The Morgan fingerprint density at radius 2 is 1.71 bits per heavy atom. The van der Waals surface area contributed by atoms with Crippen LogP contribution < -0.4 is 4.90 Å². The van der Waals surface area contributed by atoms with Crippen LogP contribution in [0.1, 0.15) is 12.5 Å². The number of hydrogen-bond donors (Lipinski definition) is 3. The topological polar surface area (TPSA) is 81.1 Å². The Bertz CT molecular complexity index is 1030. The van der Waals surface area contributed by atoms with Crippen molar-refractivity contribution < 1.29 is 31.8 Å². The van der Waals surface area contributed by atoms with Crippen LogP contribution in [-0.4, -0.2) is 61.4 Å². The molecule has 31 heavy (non-hydrogen) atoms. The minimum Gasteiger partial charge on any atom is -0.394 e. The minimum atomic E-state index is -4.83. The van der Waals surface area contributed by atoms with Gasteiger partial charge in [-0.2, -0.15) is 17.5 Å². The summed E-state index contributed by atoms with van der Waals surface area (Å²) in [6.07, 6.45) is -4.83. The van der Waals surface area contributed by atoms with Crippen molar-refractivity contribution in [2.24, 2.45) is 0 Å². The van der Waals surface area contributed by atoms with E-state index in [1.807, 2.05) is 0 Å². The predicted octanol–water partition coefficient (Wildman–Crippen LogP) is 2.62. The largest absolute Gasteiger partial charge is 0.421 e. The first-order valence-electron chi connectivity index (χ1n) is 9.45. The number of hydrogen-bond acceptors (Lipinski definition) is 6. The van der Waals surface area contributed by atoms with Crippen molar-refractivity contribution >= 4 is 28.3 Å². The summed E-state index contributed by atoms with van der Waals surface area (Å²) < 4.78 is 66.4. The number of alkyl halides is 3. The number of halogens is 3. The van der Waals surface area contributed by atoms with E-state index in [-0.39, 0.29) is 36.7 Å². The summed E-state index contributed by atoms with van der Waals surface area (Å²) in [5.41, 5.74) is -2.78. The minimum absolute atomic E-state index is 0.00294. The third kappa shape index (κ3) is 4.56. The average Bonchev–Trinajstić information content (AvgIpc) is 2.72. The molecule has 2 aromatic carbocycles. The molecule has 1 fully saturated rings. The first-order valence-corrected chi connectivity index (χ1v) is 11.3. The van der Waals surface area contributed by atoms with Gasteiger partial charge in [0.15, 0.2) is 5.60 Å². The molecule has 0 saturated carbocycles. The molecule has 3 rings (SSSR count).